The number of carbonyl (C=O) groups excluding carboxylic acids is 2. The Morgan fingerprint density at radius 3 is 3.00 bits per heavy atom. The Morgan fingerprint density at radius 2 is 2.23 bits per heavy atom. The minimum Gasteiger partial charge on any atom is -0.464 e. The van der Waals surface area contributed by atoms with Crippen molar-refractivity contribution < 1.29 is 19.5 Å². The van der Waals surface area contributed by atoms with Gasteiger partial charge in [0.1, 0.15) is 6.04 Å². The monoisotopic (exact) mass is 318 g/mol. The molecule has 4 rings (SSSR count). The fraction of sp³-hybridized carbons (Fsp3) is 0.333. The van der Waals surface area contributed by atoms with Gasteiger partial charge in [-0.3, -0.25) is 5.21 Å². The van der Waals surface area contributed by atoms with E-state index in [2.05, 4.69) is 0 Å². The van der Waals surface area contributed by atoms with Crippen LogP contribution in [0.25, 0.3) is 10.1 Å². The summed E-state index contributed by atoms with van der Waals surface area (Å²) < 4.78 is 6.20. The highest BCUT2D eigenvalue weighted by molar-refractivity contribution is 7.19. The number of benzene rings is 1. The zero-order valence-electron chi connectivity index (χ0n) is 11.9. The van der Waals surface area contributed by atoms with Gasteiger partial charge < -0.3 is 9.64 Å². The van der Waals surface area contributed by atoms with Crippen LogP contribution in [0.1, 0.15) is 29.4 Å². The number of urea groups is 1. The molecule has 1 fully saturated rings. The second-order valence-corrected chi connectivity index (χ2v) is 6.41. The minimum absolute atomic E-state index is 0.251. The second kappa shape index (κ2) is 4.69. The molecule has 0 unspecified atom stereocenters. The molecule has 2 aliphatic heterocycles. The van der Waals surface area contributed by atoms with E-state index in [1.54, 1.807) is 6.92 Å². The maximum Gasteiger partial charge on any atom is 0.345 e. The van der Waals surface area contributed by atoms with Crippen LogP contribution in [-0.4, -0.2) is 40.3 Å². The maximum atomic E-state index is 12.4. The van der Waals surface area contributed by atoms with Crippen molar-refractivity contribution in [2.24, 2.45) is 0 Å². The van der Waals surface area contributed by atoms with E-state index >= 15 is 0 Å². The van der Waals surface area contributed by atoms with Gasteiger partial charge in [0, 0.05) is 15.1 Å². The Balaban J connectivity index is 1.96. The topological polar surface area (TPSA) is 70.1 Å². The number of hydroxylamine groups is 2. The molecule has 0 radical (unpaired) electrons. The highest BCUT2D eigenvalue weighted by Crippen LogP contribution is 2.50. The largest absolute Gasteiger partial charge is 0.464 e. The predicted octanol–water partition coefficient (Wildman–Crippen LogP) is 2.69. The summed E-state index contributed by atoms with van der Waals surface area (Å²) in [6.07, 6.45) is 0. The Kier molecular flexibility index (Phi) is 2.88. The minimum atomic E-state index is -0.785. The highest BCUT2D eigenvalue weighted by Gasteiger charge is 2.52. The summed E-state index contributed by atoms with van der Waals surface area (Å²) in [7, 11) is 0. The van der Waals surface area contributed by atoms with Crippen molar-refractivity contribution in [1.82, 2.24) is 9.96 Å². The van der Waals surface area contributed by atoms with Gasteiger partial charge in [0.15, 0.2) is 6.04 Å². The summed E-state index contributed by atoms with van der Waals surface area (Å²) in [5.41, 5.74) is 0.792. The van der Waals surface area contributed by atoms with Crippen LogP contribution in [-0.2, 0) is 9.53 Å². The summed E-state index contributed by atoms with van der Waals surface area (Å²) in [6.45, 7) is 2.29. The van der Waals surface area contributed by atoms with Crippen molar-refractivity contribution in [3.05, 3.63) is 34.7 Å². The van der Waals surface area contributed by atoms with E-state index < -0.39 is 24.1 Å². The van der Waals surface area contributed by atoms with E-state index in [0.29, 0.717) is 6.54 Å². The average Bonchev–Trinajstić information content (AvgIpc) is 3.01. The lowest BCUT2D eigenvalue weighted by Gasteiger charge is -2.29. The fourth-order valence-corrected chi connectivity index (χ4v) is 4.57. The Hall–Kier alpha value is -2.12. The van der Waals surface area contributed by atoms with E-state index in [-0.39, 0.29) is 6.61 Å². The van der Waals surface area contributed by atoms with Gasteiger partial charge in [0.25, 0.3) is 0 Å². The molecule has 0 aliphatic carbocycles. The number of esters is 1. The van der Waals surface area contributed by atoms with Gasteiger partial charge >= 0.3 is 12.0 Å². The summed E-state index contributed by atoms with van der Waals surface area (Å²) in [5.74, 6) is -0.450. The highest BCUT2D eigenvalue weighted by atomic mass is 32.1. The fourth-order valence-electron chi connectivity index (χ4n) is 3.25. The molecular weight excluding hydrogens is 304 g/mol. The molecule has 2 aliphatic rings. The summed E-state index contributed by atoms with van der Waals surface area (Å²) >= 11 is 1.52. The summed E-state index contributed by atoms with van der Waals surface area (Å²) in [5, 5.41) is 11.7. The maximum absolute atomic E-state index is 12.4. The van der Waals surface area contributed by atoms with E-state index in [1.165, 1.54) is 16.2 Å². The Labute approximate surface area is 130 Å². The standard InChI is InChI=1S/C15H14N2O4S/c1-2-21-14(18)12-11-8-5-3-4-6-10(8)22-13(11)9-7-16(12)15(19)17(9)20/h3-6,9,12,20H,2,7H2,1H3/t9-,12-/m0/s1. The van der Waals surface area contributed by atoms with Crippen molar-refractivity contribution in [3.63, 3.8) is 0 Å². The van der Waals surface area contributed by atoms with E-state index in [1.807, 2.05) is 24.3 Å². The molecule has 1 aromatic carbocycles. The zero-order valence-corrected chi connectivity index (χ0v) is 12.7. The number of carbonyl (C=O) groups is 2. The van der Waals surface area contributed by atoms with Crippen LogP contribution in [0.2, 0.25) is 0 Å². The number of amides is 2. The number of fused-ring (bicyclic) bond motifs is 6. The lowest BCUT2D eigenvalue weighted by atomic mass is 9.95. The smallest absolute Gasteiger partial charge is 0.345 e. The molecule has 1 saturated heterocycles. The van der Waals surface area contributed by atoms with E-state index in [9.17, 15) is 14.8 Å². The first-order valence-corrected chi connectivity index (χ1v) is 7.91. The normalized spacial score (nSPS) is 23.1. The molecule has 1 aromatic heterocycles. The predicted molar refractivity (Wildman–Crippen MR) is 79.7 cm³/mol. The third kappa shape index (κ3) is 1.63. The zero-order chi connectivity index (χ0) is 15.4. The van der Waals surface area contributed by atoms with Gasteiger partial charge in [-0.05, 0) is 18.4 Å². The Bertz CT molecular complexity index is 787. The lowest BCUT2D eigenvalue weighted by Crippen LogP contribution is -2.38. The van der Waals surface area contributed by atoms with Gasteiger partial charge in [-0.15, -0.1) is 11.3 Å². The molecule has 2 atom stereocenters. The number of thiophene rings is 1. The SMILES string of the molecule is CCOC(=O)[C@@H]1c2c(sc3ccccc23)[C@@H]2CN1C(=O)N2O. The molecule has 2 amide bonds. The van der Waals surface area contributed by atoms with Crippen LogP contribution in [0.4, 0.5) is 4.79 Å². The quantitative estimate of drug-likeness (QED) is 0.683. The molecular formula is C15H14N2O4S. The third-order valence-electron chi connectivity index (χ3n) is 4.17. The molecule has 6 nitrogen and oxygen atoms in total. The van der Waals surface area contributed by atoms with Crippen LogP contribution in [0.3, 0.4) is 0 Å². The van der Waals surface area contributed by atoms with Gasteiger partial charge in [0.05, 0.1) is 13.2 Å². The van der Waals surface area contributed by atoms with Gasteiger partial charge in [0.2, 0.25) is 0 Å². The van der Waals surface area contributed by atoms with Crippen LogP contribution >= 0.6 is 11.3 Å². The number of hydrogen-bond acceptors (Lipinski definition) is 5. The molecule has 2 aromatic rings. The molecule has 22 heavy (non-hydrogen) atoms. The number of ether oxygens (including phenoxy) is 1. The van der Waals surface area contributed by atoms with Crippen LogP contribution < -0.4 is 0 Å². The van der Waals surface area contributed by atoms with Crippen molar-refractivity contribution in [2.45, 2.75) is 19.0 Å². The molecule has 0 spiro atoms. The molecule has 114 valence electrons. The third-order valence-corrected chi connectivity index (χ3v) is 5.45. The van der Waals surface area contributed by atoms with Crippen molar-refractivity contribution in [3.8, 4) is 0 Å². The average molecular weight is 318 g/mol. The first-order valence-electron chi connectivity index (χ1n) is 7.10. The molecule has 1 N–H and O–H groups in total. The number of hydrogen-bond donors (Lipinski definition) is 1. The first kappa shape index (κ1) is 13.5. The van der Waals surface area contributed by atoms with Crippen molar-refractivity contribution in [1.29, 1.82) is 0 Å². The van der Waals surface area contributed by atoms with Gasteiger partial charge in [-0.1, -0.05) is 18.2 Å². The molecule has 7 heteroatoms. The van der Waals surface area contributed by atoms with E-state index in [4.69, 9.17) is 4.74 Å². The van der Waals surface area contributed by atoms with Crippen LogP contribution in [0.15, 0.2) is 24.3 Å². The molecule has 0 saturated carbocycles. The summed E-state index contributed by atoms with van der Waals surface area (Å²) in [6, 6.07) is 6.02. The number of rotatable bonds is 2. The first-order chi connectivity index (χ1) is 10.6. The molecule has 3 heterocycles. The van der Waals surface area contributed by atoms with Crippen LogP contribution in [0, 0.1) is 0 Å². The van der Waals surface area contributed by atoms with Crippen molar-refractivity contribution in [2.75, 3.05) is 13.2 Å². The number of nitrogens with zero attached hydrogens (tertiary/aromatic N) is 2. The molecule has 2 bridgehead atoms. The lowest BCUT2D eigenvalue weighted by molar-refractivity contribution is -0.148. The van der Waals surface area contributed by atoms with Crippen molar-refractivity contribution >= 4 is 33.4 Å². The van der Waals surface area contributed by atoms with E-state index in [0.717, 1.165) is 25.6 Å². The van der Waals surface area contributed by atoms with Gasteiger partial charge in [-0.25, -0.2) is 9.59 Å². The van der Waals surface area contributed by atoms with Crippen LogP contribution in [0.5, 0.6) is 0 Å². The Morgan fingerprint density at radius 1 is 1.45 bits per heavy atom. The second-order valence-electron chi connectivity index (χ2n) is 5.33. The van der Waals surface area contributed by atoms with Gasteiger partial charge in [-0.2, -0.15) is 5.06 Å². The summed E-state index contributed by atoms with van der Waals surface area (Å²) in [4.78, 5) is 26.9.